The summed E-state index contributed by atoms with van der Waals surface area (Å²) >= 11 is 7.39. The molecule has 1 fully saturated rings. The van der Waals surface area contributed by atoms with Gasteiger partial charge in [-0.25, -0.2) is 9.18 Å². The molecule has 14 heteroatoms. The van der Waals surface area contributed by atoms with Gasteiger partial charge in [-0.2, -0.15) is 0 Å². The number of halogens is 2. The van der Waals surface area contributed by atoms with Crippen LogP contribution in [0.3, 0.4) is 0 Å². The van der Waals surface area contributed by atoms with Crippen molar-refractivity contribution in [3.8, 4) is 11.3 Å². The van der Waals surface area contributed by atoms with Gasteiger partial charge in [0.05, 0.1) is 35.1 Å². The van der Waals surface area contributed by atoms with Gasteiger partial charge in [0.1, 0.15) is 22.8 Å². The van der Waals surface area contributed by atoms with Crippen LogP contribution in [0.5, 0.6) is 0 Å². The molecule has 1 atom stereocenters. The fraction of sp³-hybridized carbons (Fsp3) is 0.286. The molecule has 0 spiro atoms. The summed E-state index contributed by atoms with van der Waals surface area (Å²) in [6.07, 6.45) is 4.33. The van der Waals surface area contributed by atoms with Gasteiger partial charge in [0.2, 0.25) is 5.91 Å². The van der Waals surface area contributed by atoms with Crippen LogP contribution >= 0.6 is 23.4 Å². The standard InChI is InChI=1S/C28H28ClFN8O3S/c1-37-6-8-38(9-7-37)25(13-26(31)39)23-11-18(4-5-33-23)34-24-12-22(20-10-17(29)2-3-21(20)30)35-36-28(24)42-16-19-14-32-15-27(40)41-19/h2-5,10-12,14-15,25H,6-9,13,16H2,1H3,(H2,31,39)(H,33,34,35). The lowest BCUT2D eigenvalue weighted by Crippen LogP contribution is -2.46. The summed E-state index contributed by atoms with van der Waals surface area (Å²) in [5, 5.41) is 12.8. The Kier molecular flexibility index (Phi) is 9.42. The third-order valence-corrected chi connectivity index (χ3v) is 7.96. The first-order valence-corrected chi connectivity index (χ1v) is 14.5. The Morgan fingerprint density at radius 3 is 2.74 bits per heavy atom. The number of amides is 1. The molecule has 4 heterocycles. The molecule has 1 unspecified atom stereocenters. The first-order chi connectivity index (χ1) is 20.2. The first-order valence-electron chi connectivity index (χ1n) is 13.1. The monoisotopic (exact) mass is 610 g/mol. The fourth-order valence-corrected chi connectivity index (χ4v) is 5.53. The minimum absolute atomic E-state index is 0.132. The van der Waals surface area contributed by atoms with Gasteiger partial charge in [0.15, 0.2) is 0 Å². The van der Waals surface area contributed by atoms with Crippen molar-refractivity contribution in [3.63, 3.8) is 0 Å². The highest BCUT2D eigenvalue weighted by Crippen LogP contribution is 2.34. The first kappa shape index (κ1) is 29.6. The Hall–Kier alpha value is -3.91. The molecular weight excluding hydrogens is 583 g/mol. The van der Waals surface area contributed by atoms with Gasteiger partial charge in [0, 0.05) is 55.1 Å². The number of thioether (sulfide) groups is 1. The molecule has 1 amide bonds. The van der Waals surface area contributed by atoms with E-state index < -0.39 is 17.3 Å². The topological polar surface area (TPSA) is 143 Å². The van der Waals surface area contributed by atoms with Crippen molar-refractivity contribution in [1.29, 1.82) is 0 Å². The van der Waals surface area contributed by atoms with Gasteiger partial charge in [-0.3, -0.25) is 19.7 Å². The van der Waals surface area contributed by atoms with Gasteiger partial charge >= 0.3 is 5.63 Å². The van der Waals surface area contributed by atoms with Crippen LogP contribution in [0.25, 0.3) is 11.3 Å². The Balaban J connectivity index is 1.47. The predicted molar refractivity (Wildman–Crippen MR) is 158 cm³/mol. The maximum atomic E-state index is 14.7. The van der Waals surface area contributed by atoms with E-state index in [0.29, 0.717) is 32.9 Å². The Bertz CT molecular complexity index is 1630. The maximum Gasteiger partial charge on any atom is 0.354 e. The van der Waals surface area contributed by atoms with E-state index in [1.807, 2.05) is 6.07 Å². The summed E-state index contributed by atoms with van der Waals surface area (Å²) in [5.41, 5.74) is 7.42. The van der Waals surface area contributed by atoms with E-state index in [0.717, 1.165) is 32.4 Å². The predicted octanol–water partition coefficient (Wildman–Crippen LogP) is 3.88. The number of nitrogens with two attached hydrogens (primary N) is 1. The van der Waals surface area contributed by atoms with Crippen molar-refractivity contribution in [1.82, 2.24) is 30.0 Å². The zero-order valence-electron chi connectivity index (χ0n) is 22.7. The van der Waals surface area contributed by atoms with Crippen LogP contribution in [-0.2, 0) is 10.5 Å². The Labute approximate surface area is 250 Å². The summed E-state index contributed by atoms with van der Waals surface area (Å²) in [7, 11) is 2.06. The number of carbonyl (C=O) groups is 1. The maximum absolute atomic E-state index is 14.7. The van der Waals surface area contributed by atoms with E-state index >= 15 is 0 Å². The van der Waals surface area contributed by atoms with Gasteiger partial charge < -0.3 is 20.4 Å². The Morgan fingerprint density at radius 1 is 1.17 bits per heavy atom. The van der Waals surface area contributed by atoms with Crippen LogP contribution < -0.4 is 16.7 Å². The average Bonchev–Trinajstić information content (AvgIpc) is 2.97. The number of piperazine rings is 1. The second kappa shape index (κ2) is 13.4. The van der Waals surface area contributed by atoms with E-state index in [-0.39, 0.29) is 29.5 Å². The van der Waals surface area contributed by atoms with Crippen molar-refractivity contribution < 1.29 is 13.6 Å². The summed E-state index contributed by atoms with van der Waals surface area (Å²) in [4.78, 5) is 36.5. The highest BCUT2D eigenvalue weighted by Gasteiger charge is 2.27. The van der Waals surface area contributed by atoms with Crippen molar-refractivity contribution >= 4 is 40.6 Å². The number of hydrogen-bond acceptors (Lipinski definition) is 11. The van der Waals surface area contributed by atoms with Gasteiger partial charge in [0.25, 0.3) is 0 Å². The van der Waals surface area contributed by atoms with Gasteiger partial charge in [-0.15, -0.1) is 10.2 Å². The van der Waals surface area contributed by atoms with Crippen molar-refractivity contribution in [3.05, 3.63) is 87.7 Å². The highest BCUT2D eigenvalue weighted by molar-refractivity contribution is 7.98. The molecule has 3 aromatic heterocycles. The van der Waals surface area contributed by atoms with E-state index in [1.54, 1.807) is 18.3 Å². The van der Waals surface area contributed by atoms with Crippen LogP contribution in [0.4, 0.5) is 15.8 Å². The SMILES string of the molecule is CN1CCN(C(CC(N)=O)c2cc(Nc3cc(-c4cc(Cl)ccc4F)nnc3SCc3cncc(=O)o3)ccn2)CC1. The average molecular weight is 611 g/mol. The molecule has 0 radical (unpaired) electrons. The molecule has 3 N–H and O–H groups in total. The second-order valence-electron chi connectivity index (χ2n) is 9.78. The fourth-order valence-electron chi connectivity index (χ4n) is 4.58. The van der Waals surface area contributed by atoms with Crippen molar-refractivity contribution in [2.24, 2.45) is 5.73 Å². The highest BCUT2D eigenvalue weighted by atomic mass is 35.5. The van der Waals surface area contributed by atoms with Crippen molar-refractivity contribution in [2.75, 3.05) is 38.5 Å². The molecule has 0 bridgehead atoms. The van der Waals surface area contributed by atoms with Crippen LogP contribution in [0, 0.1) is 5.82 Å². The number of anilines is 2. The molecule has 5 rings (SSSR count). The molecule has 11 nitrogen and oxygen atoms in total. The summed E-state index contributed by atoms with van der Waals surface area (Å²) in [6, 6.07) is 9.24. The van der Waals surface area contributed by atoms with E-state index in [9.17, 15) is 14.0 Å². The van der Waals surface area contributed by atoms with Crippen LogP contribution in [0.15, 0.2) is 69.2 Å². The number of aromatic nitrogens is 4. The number of nitrogens with one attached hydrogen (secondary N) is 1. The molecule has 0 saturated carbocycles. The lowest BCUT2D eigenvalue weighted by molar-refractivity contribution is -0.119. The van der Waals surface area contributed by atoms with Gasteiger partial charge in [-0.1, -0.05) is 23.4 Å². The number of nitrogens with zero attached hydrogens (tertiary/aromatic N) is 6. The third-order valence-electron chi connectivity index (χ3n) is 6.72. The summed E-state index contributed by atoms with van der Waals surface area (Å²) < 4.78 is 19.9. The van der Waals surface area contributed by atoms with Crippen LogP contribution in [0.1, 0.15) is 23.9 Å². The van der Waals surface area contributed by atoms with Crippen molar-refractivity contribution in [2.45, 2.75) is 23.2 Å². The molecule has 42 heavy (non-hydrogen) atoms. The lowest BCUT2D eigenvalue weighted by Gasteiger charge is -2.37. The second-order valence-corrected chi connectivity index (χ2v) is 11.2. The number of likely N-dealkylation sites (N-methyl/N-ethyl adjacent to an activating group) is 1. The molecule has 1 aliphatic heterocycles. The largest absolute Gasteiger partial charge is 0.424 e. The van der Waals surface area contributed by atoms with Crippen LogP contribution in [0.2, 0.25) is 5.02 Å². The molecule has 218 valence electrons. The minimum Gasteiger partial charge on any atom is -0.424 e. The van der Waals surface area contributed by atoms with E-state index in [2.05, 4.69) is 42.3 Å². The minimum atomic E-state index is -0.556. The zero-order valence-corrected chi connectivity index (χ0v) is 24.2. The smallest absolute Gasteiger partial charge is 0.354 e. The molecule has 1 aromatic carbocycles. The molecular formula is C28H28ClFN8O3S. The zero-order chi connectivity index (χ0) is 29.6. The summed E-state index contributed by atoms with van der Waals surface area (Å²) in [6.45, 7) is 3.30. The van der Waals surface area contributed by atoms with Gasteiger partial charge in [-0.05, 0) is 43.4 Å². The third kappa shape index (κ3) is 7.48. The number of rotatable bonds is 10. The number of primary amides is 1. The summed E-state index contributed by atoms with van der Waals surface area (Å²) in [5.74, 6) is -0.294. The number of carbonyl (C=O) groups excluding carboxylic acids is 1. The molecule has 1 saturated heterocycles. The Morgan fingerprint density at radius 2 is 1.98 bits per heavy atom. The quantitative estimate of drug-likeness (QED) is 0.252. The van der Waals surface area contributed by atoms with E-state index in [4.69, 9.17) is 21.8 Å². The number of hydrogen-bond donors (Lipinski definition) is 2. The normalized spacial score (nSPS) is 14.9. The number of benzene rings is 1. The van der Waals surface area contributed by atoms with Crippen LogP contribution in [-0.4, -0.2) is 69.1 Å². The molecule has 0 aliphatic carbocycles. The molecule has 1 aliphatic rings. The van der Waals surface area contributed by atoms with E-state index in [1.165, 1.54) is 36.2 Å². The molecule has 4 aromatic rings. The number of pyridine rings is 1. The lowest BCUT2D eigenvalue weighted by atomic mass is 10.1.